The highest BCUT2D eigenvalue weighted by atomic mass is 16.5. The molecule has 2 aliphatic rings. The second-order valence-corrected chi connectivity index (χ2v) is 6.23. The lowest BCUT2D eigenvalue weighted by Gasteiger charge is -2.23. The summed E-state index contributed by atoms with van der Waals surface area (Å²) in [6.45, 7) is 0. The van der Waals surface area contributed by atoms with Crippen LogP contribution in [0, 0.1) is 5.92 Å². The molecule has 22 heavy (non-hydrogen) atoms. The van der Waals surface area contributed by atoms with Crippen LogP contribution in [0.1, 0.15) is 60.3 Å². The zero-order valence-electron chi connectivity index (χ0n) is 13.0. The van der Waals surface area contributed by atoms with Crippen molar-refractivity contribution in [3.05, 3.63) is 17.0 Å². The SMILES string of the molecule is COC(=O)[C@H]1CCCCC[C@@H]1NC(=O)c1n[nH]c2c1CCC2. The Morgan fingerprint density at radius 3 is 2.82 bits per heavy atom. The summed E-state index contributed by atoms with van der Waals surface area (Å²) in [6, 6.07) is -0.156. The van der Waals surface area contributed by atoms with Gasteiger partial charge in [-0.25, -0.2) is 0 Å². The zero-order valence-corrected chi connectivity index (χ0v) is 13.0. The maximum atomic E-state index is 12.6. The van der Waals surface area contributed by atoms with Gasteiger partial charge in [0, 0.05) is 17.3 Å². The number of esters is 1. The lowest BCUT2D eigenvalue weighted by Crippen LogP contribution is -2.43. The van der Waals surface area contributed by atoms with Gasteiger partial charge in [0.25, 0.3) is 5.91 Å². The van der Waals surface area contributed by atoms with Crippen molar-refractivity contribution in [2.45, 2.75) is 57.4 Å². The molecule has 0 saturated heterocycles. The van der Waals surface area contributed by atoms with Crippen molar-refractivity contribution >= 4 is 11.9 Å². The molecule has 2 N–H and O–H groups in total. The Labute approximate surface area is 130 Å². The lowest BCUT2D eigenvalue weighted by atomic mass is 9.94. The number of amides is 1. The monoisotopic (exact) mass is 305 g/mol. The van der Waals surface area contributed by atoms with Crippen LogP contribution in [0.2, 0.25) is 0 Å². The summed E-state index contributed by atoms with van der Waals surface area (Å²) in [6.07, 6.45) is 7.65. The third-order valence-electron chi connectivity index (χ3n) is 4.86. The summed E-state index contributed by atoms with van der Waals surface area (Å²) in [5.41, 5.74) is 2.62. The van der Waals surface area contributed by atoms with Gasteiger partial charge < -0.3 is 10.1 Å². The molecule has 0 radical (unpaired) electrons. The Morgan fingerprint density at radius 2 is 2.00 bits per heavy atom. The first-order valence-corrected chi connectivity index (χ1v) is 8.15. The number of nitrogens with zero attached hydrogens (tertiary/aromatic N) is 1. The van der Waals surface area contributed by atoms with E-state index in [0.717, 1.165) is 62.6 Å². The average Bonchev–Trinajstić information content (AvgIpc) is 3.05. The molecule has 1 saturated carbocycles. The van der Waals surface area contributed by atoms with Crippen LogP contribution in [-0.2, 0) is 22.4 Å². The molecular formula is C16H23N3O3. The molecule has 1 heterocycles. The second-order valence-electron chi connectivity index (χ2n) is 6.23. The number of aryl methyl sites for hydroxylation is 1. The number of ether oxygens (including phenoxy) is 1. The first kappa shape index (κ1) is 15.1. The molecule has 0 aliphatic heterocycles. The third kappa shape index (κ3) is 2.87. The van der Waals surface area contributed by atoms with Gasteiger partial charge >= 0.3 is 5.97 Å². The minimum atomic E-state index is -0.247. The fourth-order valence-corrected chi connectivity index (χ4v) is 3.66. The van der Waals surface area contributed by atoms with Crippen LogP contribution in [-0.4, -0.2) is 35.2 Å². The van der Waals surface area contributed by atoms with Crippen molar-refractivity contribution in [2.75, 3.05) is 7.11 Å². The van der Waals surface area contributed by atoms with Crippen LogP contribution in [0.25, 0.3) is 0 Å². The van der Waals surface area contributed by atoms with Gasteiger partial charge in [-0.3, -0.25) is 14.7 Å². The maximum absolute atomic E-state index is 12.6. The number of nitrogens with one attached hydrogen (secondary N) is 2. The summed E-state index contributed by atoms with van der Waals surface area (Å²) in [7, 11) is 1.41. The average molecular weight is 305 g/mol. The Hall–Kier alpha value is -1.85. The number of aromatic amines is 1. The van der Waals surface area contributed by atoms with Gasteiger partial charge in [0.1, 0.15) is 0 Å². The number of carbonyl (C=O) groups is 2. The summed E-state index contributed by atoms with van der Waals surface area (Å²) < 4.78 is 4.91. The fraction of sp³-hybridized carbons (Fsp3) is 0.688. The van der Waals surface area contributed by atoms with Crippen molar-refractivity contribution in [3.8, 4) is 0 Å². The van der Waals surface area contributed by atoms with E-state index in [2.05, 4.69) is 15.5 Å². The summed E-state index contributed by atoms with van der Waals surface area (Å²) in [4.78, 5) is 24.5. The molecule has 2 aliphatic carbocycles. The number of H-pyrrole nitrogens is 1. The van der Waals surface area contributed by atoms with E-state index in [-0.39, 0.29) is 23.8 Å². The van der Waals surface area contributed by atoms with Crippen LogP contribution in [0.5, 0.6) is 0 Å². The first-order chi connectivity index (χ1) is 10.7. The van der Waals surface area contributed by atoms with Crippen molar-refractivity contribution < 1.29 is 14.3 Å². The summed E-state index contributed by atoms with van der Waals surface area (Å²) >= 11 is 0. The molecule has 1 aromatic rings. The first-order valence-electron chi connectivity index (χ1n) is 8.15. The molecule has 120 valence electrons. The normalized spacial score (nSPS) is 24.4. The number of aromatic nitrogens is 2. The third-order valence-corrected chi connectivity index (χ3v) is 4.86. The van der Waals surface area contributed by atoms with Crippen molar-refractivity contribution in [2.24, 2.45) is 5.92 Å². The topological polar surface area (TPSA) is 84.1 Å². The maximum Gasteiger partial charge on any atom is 0.310 e. The highest BCUT2D eigenvalue weighted by Crippen LogP contribution is 2.26. The van der Waals surface area contributed by atoms with Gasteiger partial charge in [-0.05, 0) is 32.1 Å². The number of carbonyl (C=O) groups excluding carboxylic acids is 2. The van der Waals surface area contributed by atoms with Crippen LogP contribution >= 0.6 is 0 Å². The fourth-order valence-electron chi connectivity index (χ4n) is 3.66. The Bertz CT molecular complexity index is 567. The van der Waals surface area contributed by atoms with Gasteiger partial charge in [-0.1, -0.05) is 19.3 Å². The second kappa shape index (κ2) is 6.50. The van der Waals surface area contributed by atoms with Crippen molar-refractivity contribution in [1.29, 1.82) is 0 Å². The van der Waals surface area contributed by atoms with E-state index in [0.29, 0.717) is 5.69 Å². The number of rotatable bonds is 3. The molecule has 0 spiro atoms. The van der Waals surface area contributed by atoms with Gasteiger partial charge in [-0.2, -0.15) is 5.10 Å². The van der Waals surface area contributed by atoms with Gasteiger partial charge in [0.15, 0.2) is 5.69 Å². The molecule has 0 unspecified atom stereocenters. The summed E-state index contributed by atoms with van der Waals surface area (Å²) in [5.74, 6) is -0.636. The highest BCUT2D eigenvalue weighted by molar-refractivity contribution is 5.94. The van der Waals surface area contributed by atoms with Gasteiger partial charge in [0.2, 0.25) is 0 Å². The molecule has 1 aromatic heterocycles. The number of methoxy groups -OCH3 is 1. The van der Waals surface area contributed by atoms with E-state index >= 15 is 0 Å². The number of fused-ring (bicyclic) bond motifs is 1. The van der Waals surface area contributed by atoms with Crippen LogP contribution in [0.4, 0.5) is 0 Å². The van der Waals surface area contributed by atoms with Crippen molar-refractivity contribution in [1.82, 2.24) is 15.5 Å². The quantitative estimate of drug-likeness (QED) is 0.658. The van der Waals surface area contributed by atoms with E-state index < -0.39 is 0 Å². The van der Waals surface area contributed by atoms with E-state index in [1.54, 1.807) is 0 Å². The van der Waals surface area contributed by atoms with E-state index in [1.165, 1.54) is 7.11 Å². The Balaban J connectivity index is 1.74. The smallest absolute Gasteiger partial charge is 0.310 e. The van der Waals surface area contributed by atoms with Crippen LogP contribution in [0.3, 0.4) is 0 Å². The van der Waals surface area contributed by atoms with E-state index in [9.17, 15) is 9.59 Å². The standard InChI is InChI=1S/C16H23N3O3/c1-22-16(21)11-6-3-2-4-8-12(11)17-15(20)14-10-7-5-9-13(10)18-19-14/h11-12H,2-9H2,1H3,(H,17,20)(H,18,19)/t11-,12-/m0/s1. The zero-order chi connectivity index (χ0) is 15.5. The van der Waals surface area contributed by atoms with Crippen LogP contribution in [0.15, 0.2) is 0 Å². The molecule has 3 rings (SSSR count). The van der Waals surface area contributed by atoms with Gasteiger partial charge in [-0.15, -0.1) is 0 Å². The number of hydrogen-bond donors (Lipinski definition) is 2. The summed E-state index contributed by atoms with van der Waals surface area (Å²) in [5, 5.41) is 10.2. The highest BCUT2D eigenvalue weighted by Gasteiger charge is 2.33. The largest absolute Gasteiger partial charge is 0.469 e. The predicted molar refractivity (Wildman–Crippen MR) is 80.5 cm³/mol. The molecule has 2 atom stereocenters. The minimum absolute atomic E-state index is 0.156. The molecule has 0 aromatic carbocycles. The lowest BCUT2D eigenvalue weighted by molar-refractivity contribution is -0.146. The Kier molecular flexibility index (Phi) is 4.45. The molecule has 6 nitrogen and oxygen atoms in total. The Morgan fingerprint density at radius 1 is 1.18 bits per heavy atom. The van der Waals surface area contributed by atoms with Crippen LogP contribution < -0.4 is 5.32 Å². The molecule has 6 heteroatoms. The molecule has 1 fully saturated rings. The van der Waals surface area contributed by atoms with E-state index in [1.807, 2.05) is 0 Å². The molecule has 0 bridgehead atoms. The number of hydrogen-bond acceptors (Lipinski definition) is 4. The molecule has 1 amide bonds. The predicted octanol–water partition coefficient (Wildman–Crippen LogP) is 1.75. The van der Waals surface area contributed by atoms with Gasteiger partial charge in [0.05, 0.1) is 13.0 Å². The van der Waals surface area contributed by atoms with E-state index in [4.69, 9.17) is 4.74 Å². The van der Waals surface area contributed by atoms with Crippen molar-refractivity contribution in [3.63, 3.8) is 0 Å². The molecular weight excluding hydrogens is 282 g/mol. The minimum Gasteiger partial charge on any atom is -0.469 e.